The summed E-state index contributed by atoms with van der Waals surface area (Å²) in [6.07, 6.45) is 1.70. The number of nitrogens with two attached hydrogens (primary N) is 1. The molecule has 0 spiro atoms. The van der Waals surface area contributed by atoms with Crippen LogP contribution in [0.1, 0.15) is 17.5 Å². The lowest BCUT2D eigenvalue weighted by Crippen LogP contribution is -2.09. The molecule has 4 nitrogen and oxygen atoms in total. The second-order valence-electron chi connectivity index (χ2n) is 4.33. The lowest BCUT2D eigenvalue weighted by Gasteiger charge is -2.12. The predicted octanol–water partition coefficient (Wildman–Crippen LogP) is 1.70. The minimum atomic E-state index is -2.92. The molecule has 0 heterocycles. The van der Waals surface area contributed by atoms with Gasteiger partial charge in [0.2, 0.25) is 0 Å². The third kappa shape index (κ3) is 4.65. The number of ether oxygens (including phenoxy) is 1. The Morgan fingerprint density at radius 1 is 1.29 bits per heavy atom. The molecule has 1 aromatic carbocycles. The van der Waals surface area contributed by atoms with Gasteiger partial charge in [-0.15, -0.1) is 0 Å². The van der Waals surface area contributed by atoms with Crippen LogP contribution >= 0.6 is 0 Å². The summed E-state index contributed by atoms with van der Waals surface area (Å²) in [5, 5.41) is 0. The molecular formula is C12H19NO3S. The molecule has 0 bridgehead atoms. The molecule has 1 aromatic rings. The number of rotatable bonds is 5. The van der Waals surface area contributed by atoms with Crippen molar-refractivity contribution in [3.8, 4) is 5.75 Å². The third-order valence-electron chi connectivity index (χ3n) is 2.35. The molecular weight excluding hydrogens is 238 g/mol. The molecule has 0 aliphatic heterocycles. The van der Waals surface area contributed by atoms with E-state index in [2.05, 4.69) is 0 Å². The van der Waals surface area contributed by atoms with Gasteiger partial charge >= 0.3 is 0 Å². The van der Waals surface area contributed by atoms with Crippen LogP contribution in [0.4, 0.5) is 5.69 Å². The first kappa shape index (κ1) is 13.8. The van der Waals surface area contributed by atoms with E-state index in [0.29, 0.717) is 24.5 Å². The van der Waals surface area contributed by atoms with E-state index in [4.69, 9.17) is 10.5 Å². The number of hydrogen-bond donors (Lipinski definition) is 1. The third-order valence-corrected chi connectivity index (χ3v) is 3.38. The van der Waals surface area contributed by atoms with Crippen molar-refractivity contribution >= 4 is 15.5 Å². The summed E-state index contributed by atoms with van der Waals surface area (Å²) in [4.78, 5) is 0. The van der Waals surface area contributed by atoms with E-state index in [0.717, 1.165) is 11.1 Å². The van der Waals surface area contributed by atoms with Crippen LogP contribution in [0.25, 0.3) is 0 Å². The molecule has 0 aliphatic carbocycles. The van der Waals surface area contributed by atoms with Crippen LogP contribution in [0.2, 0.25) is 0 Å². The smallest absolute Gasteiger partial charge is 0.147 e. The summed E-state index contributed by atoms with van der Waals surface area (Å²) >= 11 is 0. The highest BCUT2D eigenvalue weighted by molar-refractivity contribution is 7.90. The van der Waals surface area contributed by atoms with Crippen molar-refractivity contribution in [1.29, 1.82) is 0 Å². The van der Waals surface area contributed by atoms with Gasteiger partial charge in [0, 0.05) is 6.26 Å². The second kappa shape index (κ2) is 5.40. The van der Waals surface area contributed by atoms with Gasteiger partial charge in [-0.2, -0.15) is 0 Å². The maximum atomic E-state index is 10.9. The first-order chi connectivity index (χ1) is 7.79. The van der Waals surface area contributed by atoms with Crippen LogP contribution in [0.3, 0.4) is 0 Å². The van der Waals surface area contributed by atoms with Gasteiger partial charge in [0.05, 0.1) is 18.0 Å². The van der Waals surface area contributed by atoms with Crippen molar-refractivity contribution in [1.82, 2.24) is 0 Å². The minimum absolute atomic E-state index is 0.137. The van der Waals surface area contributed by atoms with E-state index in [1.165, 1.54) is 6.26 Å². The molecule has 1 rings (SSSR count). The Morgan fingerprint density at radius 2 is 1.94 bits per heavy atom. The zero-order valence-electron chi connectivity index (χ0n) is 10.5. The number of nitrogen functional groups attached to an aromatic ring is 1. The Morgan fingerprint density at radius 3 is 2.47 bits per heavy atom. The predicted molar refractivity (Wildman–Crippen MR) is 70.2 cm³/mol. The van der Waals surface area contributed by atoms with Gasteiger partial charge in [0.1, 0.15) is 15.6 Å². The summed E-state index contributed by atoms with van der Waals surface area (Å²) in [6, 6.07) is 3.83. The molecule has 0 aromatic heterocycles. The summed E-state index contributed by atoms with van der Waals surface area (Å²) in [5.74, 6) is 0.793. The van der Waals surface area contributed by atoms with Crippen molar-refractivity contribution in [3.63, 3.8) is 0 Å². The van der Waals surface area contributed by atoms with Crippen molar-refractivity contribution < 1.29 is 13.2 Å². The molecule has 5 heteroatoms. The van der Waals surface area contributed by atoms with Crippen LogP contribution in [0, 0.1) is 13.8 Å². The zero-order chi connectivity index (χ0) is 13.1. The topological polar surface area (TPSA) is 69.4 Å². The van der Waals surface area contributed by atoms with E-state index in [9.17, 15) is 8.42 Å². The molecule has 2 N–H and O–H groups in total. The highest BCUT2D eigenvalue weighted by Crippen LogP contribution is 2.27. The van der Waals surface area contributed by atoms with Crippen LogP contribution < -0.4 is 10.5 Å². The van der Waals surface area contributed by atoms with E-state index < -0.39 is 9.84 Å². The highest BCUT2D eigenvalue weighted by atomic mass is 32.2. The van der Waals surface area contributed by atoms with Crippen molar-refractivity contribution in [2.45, 2.75) is 20.3 Å². The average molecular weight is 257 g/mol. The Hall–Kier alpha value is -1.23. The first-order valence-corrected chi connectivity index (χ1v) is 7.53. The van der Waals surface area contributed by atoms with Crippen LogP contribution in [-0.2, 0) is 9.84 Å². The molecule has 0 atom stereocenters. The lowest BCUT2D eigenvalue weighted by molar-refractivity contribution is 0.317. The largest absolute Gasteiger partial charge is 0.491 e. The summed E-state index contributed by atoms with van der Waals surface area (Å²) in [6.45, 7) is 4.26. The number of sulfone groups is 1. The SMILES string of the molecule is Cc1cc(C)c(OCCCS(C)(=O)=O)c(N)c1. The van der Waals surface area contributed by atoms with Gasteiger partial charge in [0.25, 0.3) is 0 Å². The fraction of sp³-hybridized carbons (Fsp3) is 0.500. The fourth-order valence-electron chi connectivity index (χ4n) is 1.68. The maximum Gasteiger partial charge on any atom is 0.147 e. The minimum Gasteiger partial charge on any atom is -0.491 e. The normalized spacial score (nSPS) is 11.5. The van der Waals surface area contributed by atoms with Crippen molar-refractivity contribution in [3.05, 3.63) is 23.3 Å². The maximum absolute atomic E-state index is 10.9. The molecule has 0 saturated carbocycles. The standard InChI is InChI=1S/C12H19NO3S/c1-9-7-10(2)12(11(13)8-9)16-5-4-6-17(3,14)15/h7-8H,4-6,13H2,1-3H3. The summed E-state index contributed by atoms with van der Waals surface area (Å²) < 4.78 is 27.4. The molecule has 0 radical (unpaired) electrons. The average Bonchev–Trinajstić information content (AvgIpc) is 2.13. The fourth-order valence-corrected chi connectivity index (χ4v) is 2.32. The van der Waals surface area contributed by atoms with Gasteiger partial charge in [-0.3, -0.25) is 0 Å². The molecule has 0 aliphatic rings. The van der Waals surface area contributed by atoms with Gasteiger partial charge in [-0.05, 0) is 37.5 Å². The Kier molecular flexibility index (Phi) is 4.40. The van der Waals surface area contributed by atoms with Crippen LogP contribution in [0.5, 0.6) is 5.75 Å². The highest BCUT2D eigenvalue weighted by Gasteiger charge is 2.07. The molecule has 0 saturated heterocycles. The number of hydrogen-bond acceptors (Lipinski definition) is 4. The lowest BCUT2D eigenvalue weighted by atomic mass is 10.1. The molecule has 0 amide bonds. The quantitative estimate of drug-likeness (QED) is 0.644. The Balaban J connectivity index is 2.58. The number of benzene rings is 1. The summed E-state index contributed by atoms with van der Waals surface area (Å²) in [5.41, 5.74) is 8.51. The van der Waals surface area contributed by atoms with Crippen molar-refractivity contribution in [2.75, 3.05) is 24.3 Å². The zero-order valence-corrected chi connectivity index (χ0v) is 11.3. The summed E-state index contributed by atoms with van der Waals surface area (Å²) in [7, 11) is -2.92. The van der Waals surface area contributed by atoms with Gasteiger partial charge in [-0.1, -0.05) is 6.07 Å². The van der Waals surface area contributed by atoms with E-state index in [1.54, 1.807) is 0 Å². The Bertz CT molecular complexity index is 471. The van der Waals surface area contributed by atoms with Crippen LogP contribution in [-0.4, -0.2) is 27.0 Å². The van der Waals surface area contributed by atoms with E-state index in [1.807, 2.05) is 26.0 Å². The Labute approximate surface area is 103 Å². The number of anilines is 1. The molecule has 0 unspecified atom stereocenters. The van der Waals surface area contributed by atoms with Gasteiger partial charge in [0.15, 0.2) is 0 Å². The molecule has 96 valence electrons. The molecule has 0 fully saturated rings. The second-order valence-corrected chi connectivity index (χ2v) is 6.59. The van der Waals surface area contributed by atoms with E-state index >= 15 is 0 Å². The van der Waals surface area contributed by atoms with Gasteiger partial charge in [-0.25, -0.2) is 8.42 Å². The van der Waals surface area contributed by atoms with Gasteiger partial charge < -0.3 is 10.5 Å². The first-order valence-electron chi connectivity index (χ1n) is 5.47. The van der Waals surface area contributed by atoms with Crippen LogP contribution in [0.15, 0.2) is 12.1 Å². The molecule has 17 heavy (non-hydrogen) atoms. The van der Waals surface area contributed by atoms with Crippen molar-refractivity contribution in [2.24, 2.45) is 0 Å². The number of aryl methyl sites for hydroxylation is 2. The van der Waals surface area contributed by atoms with E-state index in [-0.39, 0.29) is 5.75 Å². The monoisotopic (exact) mass is 257 g/mol.